The number of hydrogen-bond donors (Lipinski definition) is 1. The number of aryl methyl sites for hydroxylation is 1. The van der Waals surface area contributed by atoms with Crippen LogP contribution in [0.5, 0.6) is 0 Å². The number of nitrogens with one attached hydrogen (secondary N) is 1. The van der Waals surface area contributed by atoms with Gasteiger partial charge >= 0.3 is 0 Å². The Balaban J connectivity index is 1.64. The van der Waals surface area contributed by atoms with E-state index in [-0.39, 0.29) is 23.8 Å². The fourth-order valence-corrected chi connectivity index (χ4v) is 3.97. The molecule has 0 unspecified atom stereocenters. The zero-order valence-electron chi connectivity index (χ0n) is 15.2. The number of allylic oxidation sites excluding steroid dienone is 1. The number of amides is 2. The summed E-state index contributed by atoms with van der Waals surface area (Å²) >= 11 is 0. The molecule has 1 aromatic rings. The number of nitrogens with zero attached hydrogens (tertiary/aromatic N) is 3. The zero-order valence-corrected chi connectivity index (χ0v) is 15.2. The van der Waals surface area contributed by atoms with Crippen LogP contribution in [0.1, 0.15) is 56.6 Å². The van der Waals surface area contributed by atoms with E-state index in [1.807, 2.05) is 13.2 Å². The van der Waals surface area contributed by atoms with E-state index in [9.17, 15) is 9.59 Å². The van der Waals surface area contributed by atoms with Crippen molar-refractivity contribution in [2.24, 2.45) is 13.0 Å². The molecule has 2 amide bonds. The Morgan fingerprint density at radius 3 is 2.84 bits per heavy atom. The van der Waals surface area contributed by atoms with Crippen molar-refractivity contribution in [3.8, 4) is 0 Å². The van der Waals surface area contributed by atoms with Crippen LogP contribution in [0.4, 0.5) is 0 Å². The van der Waals surface area contributed by atoms with Gasteiger partial charge in [-0.2, -0.15) is 5.10 Å². The first-order valence-corrected chi connectivity index (χ1v) is 9.26. The largest absolute Gasteiger partial charge is 0.355 e. The first-order chi connectivity index (χ1) is 12.1. The van der Waals surface area contributed by atoms with Gasteiger partial charge in [-0.1, -0.05) is 11.6 Å². The lowest BCUT2D eigenvalue weighted by molar-refractivity contribution is -0.141. The maximum atomic E-state index is 12.8. The standard InChI is InChI=1S/C19H28N4O2/c1-22-13-15(12-21-22)18-16(8-9-17(24)23(18)2)19(25)20-11-10-14-6-4-3-5-7-14/h6,12-13,16,18H,3-5,7-11H2,1-2H3,(H,20,25)/t16-,18-/m1/s1. The average Bonchev–Trinajstić information content (AvgIpc) is 3.04. The third-order valence-electron chi connectivity index (χ3n) is 5.39. The summed E-state index contributed by atoms with van der Waals surface area (Å²) in [5, 5.41) is 7.30. The molecule has 136 valence electrons. The van der Waals surface area contributed by atoms with E-state index >= 15 is 0 Å². The summed E-state index contributed by atoms with van der Waals surface area (Å²) in [5.74, 6) is -0.0814. The molecule has 3 rings (SSSR count). The van der Waals surface area contributed by atoms with E-state index in [1.54, 1.807) is 22.8 Å². The van der Waals surface area contributed by atoms with E-state index in [4.69, 9.17) is 0 Å². The van der Waals surface area contributed by atoms with E-state index in [0.717, 1.165) is 18.4 Å². The molecule has 0 bridgehead atoms. The van der Waals surface area contributed by atoms with Crippen molar-refractivity contribution in [2.75, 3.05) is 13.6 Å². The molecule has 1 fully saturated rings. The summed E-state index contributed by atoms with van der Waals surface area (Å²) < 4.78 is 1.72. The molecule has 1 aliphatic carbocycles. The topological polar surface area (TPSA) is 67.2 Å². The number of aromatic nitrogens is 2. The van der Waals surface area contributed by atoms with E-state index in [1.165, 1.54) is 24.8 Å². The number of carbonyl (C=O) groups excluding carboxylic acids is 2. The van der Waals surface area contributed by atoms with Gasteiger partial charge < -0.3 is 10.2 Å². The highest BCUT2D eigenvalue weighted by Crippen LogP contribution is 2.35. The molecule has 1 N–H and O–H groups in total. The predicted molar refractivity (Wildman–Crippen MR) is 95.6 cm³/mol. The molecule has 0 saturated carbocycles. The van der Waals surface area contributed by atoms with Crippen molar-refractivity contribution in [3.05, 3.63) is 29.6 Å². The second-order valence-electron chi connectivity index (χ2n) is 7.19. The van der Waals surface area contributed by atoms with Crippen molar-refractivity contribution in [2.45, 2.75) is 51.0 Å². The fourth-order valence-electron chi connectivity index (χ4n) is 3.97. The van der Waals surface area contributed by atoms with Gasteiger partial charge in [0.05, 0.1) is 18.2 Å². The van der Waals surface area contributed by atoms with E-state index < -0.39 is 0 Å². The maximum absolute atomic E-state index is 12.8. The Morgan fingerprint density at radius 1 is 1.32 bits per heavy atom. The lowest BCUT2D eigenvalue weighted by atomic mass is 9.85. The molecule has 25 heavy (non-hydrogen) atoms. The second-order valence-corrected chi connectivity index (χ2v) is 7.19. The number of rotatable bonds is 5. The Kier molecular flexibility index (Phi) is 5.56. The highest BCUT2D eigenvalue weighted by atomic mass is 16.2. The quantitative estimate of drug-likeness (QED) is 0.834. The summed E-state index contributed by atoms with van der Waals surface area (Å²) in [6.45, 7) is 0.679. The van der Waals surface area contributed by atoms with Gasteiger partial charge in [0.2, 0.25) is 11.8 Å². The molecule has 0 radical (unpaired) electrons. The van der Waals surface area contributed by atoms with Crippen LogP contribution in [0.15, 0.2) is 24.0 Å². The summed E-state index contributed by atoms with van der Waals surface area (Å²) in [5.41, 5.74) is 2.39. The smallest absolute Gasteiger partial charge is 0.225 e. The minimum Gasteiger partial charge on any atom is -0.355 e. The summed E-state index contributed by atoms with van der Waals surface area (Å²) in [7, 11) is 3.63. The Bertz CT molecular complexity index is 664. The fraction of sp³-hybridized carbons (Fsp3) is 0.632. The van der Waals surface area contributed by atoms with Crippen LogP contribution in [0.25, 0.3) is 0 Å². The molecule has 0 spiro atoms. The van der Waals surface area contributed by atoms with Gasteiger partial charge in [-0.05, 0) is 38.5 Å². The van der Waals surface area contributed by atoms with Crippen molar-refractivity contribution in [3.63, 3.8) is 0 Å². The van der Waals surface area contributed by atoms with Gasteiger partial charge in [0.15, 0.2) is 0 Å². The minimum absolute atomic E-state index is 0.0459. The number of carbonyl (C=O) groups is 2. The van der Waals surface area contributed by atoms with Crippen LogP contribution in [-0.4, -0.2) is 40.1 Å². The Morgan fingerprint density at radius 2 is 2.16 bits per heavy atom. The second kappa shape index (κ2) is 7.85. The van der Waals surface area contributed by atoms with Gasteiger partial charge in [-0.15, -0.1) is 0 Å². The predicted octanol–water partition coefficient (Wildman–Crippen LogP) is 2.34. The van der Waals surface area contributed by atoms with Gasteiger partial charge in [-0.3, -0.25) is 14.3 Å². The molecule has 0 aromatic carbocycles. The van der Waals surface area contributed by atoms with Crippen molar-refractivity contribution < 1.29 is 9.59 Å². The molecule has 6 nitrogen and oxygen atoms in total. The first-order valence-electron chi connectivity index (χ1n) is 9.26. The molecular formula is C19H28N4O2. The third kappa shape index (κ3) is 4.11. The molecule has 2 atom stereocenters. The number of hydrogen-bond acceptors (Lipinski definition) is 3. The van der Waals surface area contributed by atoms with Crippen molar-refractivity contribution in [1.29, 1.82) is 0 Å². The molecule has 2 heterocycles. The molecule has 1 saturated heterocycles. The van der Waals surface area contributed by atoms with Crippen LogP contribution < -0.4 is 5.32 Å². The van der Waals surface area contributed by atoms with Crippen molar-refractivity contribution in [1.82, 2.24) is 20.0 Å². The highest BCUT2D eigenvalue weighted by molar-refractivity contribution is 5.84. The number of piperidine rings is 1. The van der Waals surface area contributed by atoms with Crippen LogP contribution in [0, 0.1) is 5.92 Å². The lowest BCUT2D eigenvalue weighted by Crippen LogP contribution is -2.46. The normalized spacial score (nSPS) is 24.2. The Labute approximate surface area is 149 Å². The average molecular weight is 344 g/mol. The molecular weight excluding hydrogens is 316 g/mol. The van der Waals surface area contributed by atoms with Crippen LogP contribution >= 0.6 is 0 Å². The van der Waals surface area contributed by atoms with Crippen LogP contribution in [0.3, 0.4) is 0 Å². The maximum Gasteiger partial charge on any atom is 0.225 e. The van der Waals surface area contributed by atoms with Gasteiger partial charge in [0, 0.05) is 38.8 Å². The highest BCUT2D eigenvalue weighted by Gasteiger charge is 2.39. The molecule has 1 aliphatic heterocycles. The molecule has 2 aliphatic rings. The SMILES string of the molecule is CN1C(=O)CC[C@@H](C(=O)NCCC2=CCCCC2)[C@H]1c1cnn(C)c1. The van der Waals surface area contributed by atoms with Crippen molar-refractivity contribution >= 4 is 11.8 Å². The van der Waals surface area contributed by atoms with Gasteiger partial charge in [-0.25, -0.2) is 0 Å². The van der Waals surface area contributed by atoms with E-state index in [2.05, 4.69) is 16.5 Å². The zero-order chi connectivity index (χ0) is 17.8. The monoisotopic (exact) mass is 344 g/mol. The first kappa shape index (κ1) is 17.7. The summed E-state index contributed by atoms with van der Waals surface area (Å²) in [6.07, 6.45) is 12.8. The van der Waals surface area contributed by atoms with Crippen LogP contribution in [0.2, 0.25) is 0 Å². The third-order valence-corrected chi connectivity index (χ3v) is 5.39. The number of likely N-dealkylation sites (tertiary alicyclic amines) is 1. The molecule has 1 aromatic heterocycles. The lowest BCUT2D eigenvalue weighted by Gasteiger charge is -2.37. The molecule has 6 heteroatoms. The summed E-state index contributed by atoms with van der Waals surface area (Å²) in [4.78, 5) is 26.6. The summed E-state index contributed by atoms with van der Waals surface area (Å²) in [6, 6.07) is -0.233. The van der Waals surface area contributed by atoms with Crippen LogP contribution in [-0.2, 0) is 16.6 Å². The van der Waals surface area contributed by atoms with E-state index in [0.29, 0.717) is 19.4 Å². The minimum atomic E-state index is -0.233. The van der Waals surface area contributed by atoms with Gasteiger partial charge in [0.25, 0.3) is 0 Å². The van der Waals surface area contributed by atoms with Gasteiger partial charge in [0.1, 0.15) is 0 Å². The Hall–Kier alpha value is -2.11.